The van der Waals surface area contributed by atoms with Gasteiger partial charge in [-0.3, -0.25) is 19.2 Å². The van der Waals surface area contributed by atoms with Crippen molar-refractivity contribution in [1.29, 1.82) is 5.26 Å². The maximum Gasteiger partial charge on any atom is 0.274 e. The van der Waals surface area contributed by atoms with Gasteiger partial charge in [0.15, 0.2) is 0 Å². The average molecular weight is 715 g/mol. The summed E-state index contributed by atoms with van der Waals surface area (Å²) in [5, 5.41) is 33.5. The van der Waals surface area contributed by atoms with Gasteiger partial charge in [0.2, 0.25) is 5.91 Å². The summed E-state index contributed by atoms with van der Waals surface area (Å²) in [4.78, 5) is 31.4. The highest BCUT2D eigenvalue weighted by molar-refractivity contribution is 6.05. The van der Waals surface area contributed by atoms with E-state index in [1.165, 1.54) is 49.2 Å². The molecule has 6 aliphatic rings. The molecule has 1 saturated heterocycles. The second kappa shape index (κ2) is 13.1. The minimum Gasteiger partial charge on any atom is -0.386 e. The molecule has 10 rings (SSSR count). The van der Waals surface area contributed by atoms with Gasteiger partial charge in [-0.25, -0.2) is 4.52 Å². The van der Waals surface area contributed by atoms with E-state index >= 15 is 0 Å². The molecule has 6 fully saturated rings. The largest absolute Gasteiger partial charge is 0.386 e. The minimum absolute atomic E-state index is 0.204. The first-order valence-corrected chi connectivity index (χ1v) is 19.7. The third-order valence-corrected chi connectivity index (χ3v) is 13.3. The van der Waals surface area contributed by atoms with Crippen molar-refractivity contribution in [3.8, 4) is 6.07 Å². The van der Waals surface area contributed by atoms with Crippen LogP contribution in [0.1, 0.15) is 106 Å². The summed E-state index contributed by atoms with van der Waals surface area (Å²) in [5.74, 6) is 2.52. The van der Waals surface area contributed by atoms with Crippen LogP contribution in [0.2, 0.25) is 0 Å². The van der Waals surface area contributed by atoms with Crippen molar-refractivity contribution in [2.24, 2.45) is 23.2 Å². The molecule has 4 heterocycles. The first-order valence-electron chi connectivity index (χ1n) is 19.7. The quantitative estimate of drug-likeness (QED) is 0.211. The lowest BCUT2D eigenvalue weighted by atomic mass is 9.49. The van der Waals surface area contributed by atoms with Crippen LogP contribution in [0, 0.1) is 34.5 Å². The summed E-state index contributed by atoms with van der Waals surface area (Å²) in [6.07, 6.45) is 20.2. The lowest BCUT2D eigenvalue weighted by Gasteiger charge is -2.55. The number of nitrogens with zero attached hydrogens (tertiary/aromatic N) is 7. The van der Waals surface area contributed by atoms with E-state index in [-0.39, 0.29) is 17.9 Å². The predicted molar refractivity (Wildman–Crippen MR) is 202 cm³/mol. The van der Waals surface area contributed by atoms with E-state index in [1.54, 1.807) is 32.0 Å². The van der Waals surface area contributed by atoms with Crippen LogP contribution < -0.4 is 5.32 Å². The van der Waals surface area contributed by atoms with Gasteiger partial charge < -0.3 is 15.3 Å². The van der Waals surface area contributed by atoms with Gasteiger partial charge in [0.25, 0.3) is 5.91 Å². The highest BCUT2D eigenvalue weighted by Crippen LogP contribution is 2.60. The molecule has 0 unspecified atom stereocenters. The van der Waals surface area contributed by atoms with Crippen molar-refractivity contribution >= 4 is 33.9 Å². The highest BCUT2D eigenvalue weighted by Gasteiger charge is 2.49. The number of nitrogens with one attached hydrogen (secondary N) is 1. The molecule has 53 heavy (non-hydrogen) atoms. The minimum atomic E-state index is -1.22. The molecule has 3 aromatic heterocycles. The van der Waals surface area contributed by atoms with Crippen molar-refractivity contribution in [3.05, 3.63) is 71.7 Å². The number of anilines is 1. The Hall–Kier alpha value is -4.53. The van der Waals surface area contributed by atoms with E-state index < -0.39 is 5.60 Å². The maximum absolute atomic E-state index is 13.5. The Morgan fingerprint density at radius 1 is 0.962 bits per heavy atom. The Kier molecular flexibility index (Phi) is 8.46. The second-order valence-electron chi connectivity index (χ2n) is 17.4. The standard InChI is InChI=1S/C42H50N8O3/c1-41(2,53)35-20-36-31(19-37(35)45-40(52)38-8-7-34-18-30(24-43)25-44-50(34)38)26-49(46-36)33-5-3-32(4-6-33)47-11-13-48(14-12-47)39(51)9-10-42-21-27-15-28(22-42)17-29(16-27)23-42/h7-10,18-20,25-29,32-33,53H,3-6,11-17,21-23H2,1-2H3,(H,45,52)/b10-9+. The zero-order valence-corrected chi connectivity index (χ0v) is 30.9. The topological polar surface area (TPSA) is 132 Å². The van der Waals surface area contributed by atoms with Gasteiger partial charge in [0, 0.05) is 55.1 Å². The lowest BCUT2D eigenvalue weighted by Crippen LogP contribution is -2.52. The van der Waals surface area contributed by atoms with Gasteiger partial charge in [0.1, 0.15) is 11.8 Å². The molecule has 5 saturated carbocycles. The van der Waals surface area contributed by atoms with E-state index in [1.807, 2.05) is 18.2 Å². The molecule has 1 aromatic carbocycles. The summed E-state index contributed by atoms with van der Waals surface area (Å²) in [6, 6.07) is 11.8. The van der Waals surface area contributed by atoms with Gasteiger partial charge in [-0.1, -0.05) is 6.08 Å². The molecule has 4 aromatic rings. The van der Waals surface area contributed by atoms with Crippen LogP contribution in [0.15, 0.2) is 54.9 Å². The number of piperazine rings is 1. The molecule has 11 heteroatoms. The Morgan fingerprint density at radius 2 is 1.64 bits per heavy atom. The second-order valence-corrected chi connectivity index (χ2v) is 17.4. The van der Waals surface area contributed by atoms with Crippen LogP contribution >= 0.6 is 0 Å². The normalized spacial score (nSPS) is 28.9. The first kappa shape index (κ1) is 34.3. The maximum atomic E-state index is 13.5. The summed E-state index contributed by atoms with van der Waals surface area (Å²) in [6.45, 7) is 6.88. The van der Waals surface area contributed by atoms with Crippen LogP contribution in [0.5, 0.6) is 0 Å². The number of hydrogen-bond acceptors (Lipinski definition) is 7. The number of aliphatic hydroxyl groups is 1. The monoisotopic (exact) mass is 714 g/mol. The van der Waals surface area contributed by atoms with Crippen LogP contribution in [0.3, 0.4) is 0 Å². The summed E-state index contributed by atoms with van der Waals surface area (Å²) < 4.78 is 3.58. The van der Waals surface area contributed by atoms with Crippen molar-refractivity contribution in [2.45, 2.75) is 95.7 Å². The van der Waals surface area contributed by atoms with Gasteiger partial charge in [0.05, 0.1) is 34.4 Å². The van der Waals surface area contributed by atoms with Crippen molar-refractivity contribution in [3.63, 3.8) is 0 Å². The number of fused-ring (bicyclic) bond motifs is 2. The zero-order valence-electron chi connectivity index (χ0n) is 30.9. The summed E-state index contributed by atoms with van der Waals surface area (Å²) >= 11 is 0. The number of rotatable bonds is 7. The van der Waals surface area contributed by atoms with E-state index in [0.717, 1.165) is 80.5 Å². The smallest absolute Gasteiger partial charge is 0.274 e. The molecule has 0 spiro atoms. The van der Waals surface area contributed by atoms with E-state index in [4.69, 9.17) is 5.10 Å². The molecular formula is C42H50N8O3. The Morgan fingerprint density at radius 3 is 2.30 bits per heavy atom. The molecule has 5 aliphatic carbocycles. The van der Waals surface area contributed by atoms with Crippen LogP contribution in [-0.2, 0) is 10.4 Å². The number of nitriles is 1. The molecule has 1 aliphatic heterocycles. The fourth-order valence-corrected chi connectivity index (χ4v) is 11.0. The number of amides is 2. The van der Waals surface area contributed by atoms with Crippen molar-refractivity contribution < 1.29 is 14.7 Å². The Labute approximate surface area is 310 Å². The van der Waals surface area contributed by atoms with E-state index in [9.17, 15) is 20.0 Å². The van der Waals surface area contributed by atoms with E-state index in [2.05, 4.69) is 43.2 Å². The summed E-state index contributed by atoms with van der Waals surface area (Å²) in [5.41, 5.74) is 2.34. The third-order valence-electron chi connectivity index (χ3n) is 13.3. The zero-order chi connectivity index (χ0) is 36.5. The number of benzene rings is 1. The van der Waals surface area contributed by atoms with Crippen LogP contribution in [0.4, 0.5) is 5.69 Å². The van der Waals surface area contributed by atoms with Gasteiger partial charge in [-0.15, -0.1) is 0 Å². The van der Waals surface area contributed by atoms with Gasteiger partial charge in [-0.2, -0.15) is 15.5 Å². The Bertz CT molecular complexity index is 2100. The molecule has 2 N–H and O–H groups in total. The molecular weight excluding hydrogens is 665 g/mol. The van der Waals surface area contributed by atoms with Gasteiger partial charge >= 0.3 is 0 Å². The number of hydrogen-bond donors (Lipinski definition) is 2. The SMILES string of the molecule is CC(C)(O)c1cc2nn(C3CCC(N4CCN(C(=O)/C=C/C56CC7CC(CC(C7)C5)C6)CC4)CC3)cc2cc1NC(=O)c1ccc2cc(C#N)cnn12. The molecule has 4 bridgehead atoms. The van der Waals surface area contributed by atoms with Crippen LogP contribution in [0.25, 0.3) is 16.4 Å². The molecule has 2 amide bonds. The highest BCUT2D eigenvalue weighted by atomic mass is 16.3. The van der Waals surface area contributed by atoms with E-state index in [0.29, 0.717) is 39.5 Å². The molecule has 0 atom stereocenters. The van der Waals surface area contributed by atoms with Crippen molar-refractivity contribution in [2.75, 3.05) is 31.5 Å². The third kappa shape index (κ3) is 6.54. The van der Waals surface area contributed by atoms with Crippen LogP contribution in [-0.4, -0.2) is 78.3 Å². The predicted octanol–water partition coefficient (Wildman–Crippen LogP) is 6.44. The Balaban J connectivity index is 0.821. The average Bonchev–Trinajstić information content (AvgIpc) is 3.77. The lowest BCUT2D eigenvalue weighted by molar-refractivity contribution is -0.128. The fraction of sp³-hybridized carbons (Fsp3) is 0.548. The molecule has 276 valence electrons. The number of carbonyl (C=O) groups is 2. The molecule has 0 radical (unpaired) electrons. The summed E-state index contributed by atoms with van der Waals surface area (Å²) in [7, 11) is 0. The number of allylic oxidation sites excluding steroid dienone is 1. The number of carbonyl (C=O) groups excluding carboxylic acids is 2. The van der Waals surface area contributed by atoms with Gasteiger partial charge in [-0.05, 0) is 138 Å². The number of aromatic nitrogens is 4. The fourth-order valence-electron chi connectivity index (χ4n) is 11.0. The van der Waals surface area contributed by atoms with Crippen molar-refractivity contribution in [1.82, 2.24) is 29.2 Å². The first-order chi connectivity index (χ1) is 25.5. The molecule has 11 nitrogen and oxygen atoms in total.